The minimum Gasteiger partial charge on any atom is -0.444 e. The van der Waals surface area contributed by atoms with Crippen molar-refractivity contribution in [2.45, 2.75) is 39.2 Å². The number of anilines is 1. The number of hydrogen-bond acceptors (Lipinski definition) is 3. The number of aliphatic hydroxyl groups excluding tert-OH is 1. The Bertz CT molecular complexity index is 498. The molecular weight excluding hydrogens is 268 g/mol. The summed E-state index contributed by atoms with van der Waals surface area (Å²) in [6.07, 6.45) is -0.871. The first-order valence-electron chi connectivity index (χ1n) is 6.24. The summed E-state index contributed by atoms with van der Waals surface area (Å²) in [5.41, 5.74) is -0.665. The lowest BCUT2D eigenvalue weighted by Crippen LogP contribution is -2.27. The summed E-state index contributed by atoms with van der Waals surface area (Å²) in [6, 6.07) is 2.28. The maximum absolute atomic E-state index is 13.6. The zero-order chi connectivity index (χ0) is 15.5. The number of halogens is 2. The van der Waals surface area contributed by atoms with Crippen molar-refractivity contribution in [2.24, 2.45) is 0 Å². The fourth-order valence-corrected chi connectivity index (χ4v) is 1.50. The third-order valence-electron chi connectivity index (χ3n) is 2.53. The van der Waals surface area contributed by atoms with Crippen LogP contribution in [0.3, 0.4) is 0 Å². The normalized spacial score (nSPS) is 12.9. The van der Waals surface area contributed by atoms with Crippen LogP contribution in [0.4, 0.5) is 19.3 Å². The van der Waals surface area contributed by atoms with E-state index in [4.69, 9.17) is 9.84 Å². The van der Waals surface area contributed by atoms with Crippen LogP contribution in [0.25, 0.3) is 0 Å². The molecule has 1 atom stereocenters. The summed E-state index contributed by atoms with van der Waals surface area (Å²) in [4.78, 5) is 11.6. The highest BCUT2D eigenvalue weighted by Gasteiger charge is 2.20. The van der Waals surface area contributed by atoms with Crippen molar-refractivity contribution in [3.8, 4) is 0 Å². The van der Waals surface area contributed by atoms with Gasteiger partial charge in [-0.3, -0.25) is 5.32 Å². The summed E-state index contributed by atoms with van der Waals surface area (Å²) >= 11 is 0. The minimum atomic E-state index is -1.16. The van der Waals surface area contributed by atoms with E-state index in [0.717, 1.165) is 6.07 Å². The van der Waals surface area contributed by atoms with Gasteiger partial charge < -0.3 is 9.84 Å². The first kappa shape index (κ1) is 16.4. The van der Waals surface area contributed by atoms with Crippen LogP contribution in [0, 0.1) is 11.6 Å². The molecule has 1 aromatic rings. The maximum atomic E-state index is 13.6. The summed E-state index contributed by atoms with van der Waals surface area (Å²) in [6.45, 7) is 6.43. The molecule has 1 amide bonds. The quantitative estimate of drug-likeness (QED) is 0.895. The molecule has 2 N–H and O–H groups in total. The number of nitrogens with one attached hydrogen (secondary N) is 1. The molecule has 1 aromatic carbocycles. The van der Waals surface area contributed by atoms with Gasteiger partial charge in [0, 0.05) is 12.5 Å². The van der Waals surface area contributed by atoms with Gasteiger partial charge in [-0.15, -0.1) is 0 Å². The fourth-order valence-electron chi connectivity index (χ4n) is 1.50. The number of benzene rings is 1. The molecule has 0 aliphatic heterocycles. The van der Waals surface area contributed by atoms with Crippen molar-refractivity contribution in [1.82, 2.24) is 0 Å². The van der Waals surface area contributed by atoms with E-state index in [-0.39, 0.29) is 18.2 Å². The van der Waals surface area contributed by atoms with Gasteiger partial charge in [-0.05, 0) is 38.5 Å². The molecule has 1 rings (SSSR count). The van der Waals surface area contributed by atoms with Gasteiger partial charge in [-0.2, -0.15) is 0 Å². The van der Waals surface area contributed by atoms with Crippen molar-refractivity contribution in [3.63, 3.8) is 0 Å². The van der Waals surface area contributed by atoms with Gasteiger partial charge in [0.2, 0.25) is 0 Å². The van der Waals surface area contributed by atoms with Gasteiger partial charge in [0.05, 0.1) is 5.69 Å². The predicted molar refractivity (Wildman–Crippen MR) is 71.7 cm³/mol. The smallest absolute Gasteiger partial charge is 0.412 e. The Hall–Kier alpha value is -1.69. The molecule has 4 nitrogen and oxygen atoms in total. The van der Waals surface area contributed by atoms with E-state index in [9.17, 15) is 13.6 Å². The molecule has 0 saturated carbocycles. The summed E-state index contributed by atoms with van der Waals surface area (Å²) in [5, 5.41) is 11.2. The lowest BCUT2D eigenvalue weighted by molar-refractivity contribution is 0.0635. The summed E-state index contributed by atoms with van der Waals surface area (Å²) in [5.74, 6) is -2.62. The molecule has 0 aromatic heterocycles. The monoisotopic (exact) mass is 287 g/mol. The number of carbonyl (C=O) groups is 1. The van der Waals surface area contributed by atoms with Crippen molar-refractivity contribution >= 4 is 11.8 Å². The van der Waals surface area contributed by atoms with E-state index in [2.05, 4.69) is 5.32 Å². The van der Waals surface area contributed by atoms with Crippen LogP contribution in [-0.2, 0) is 4.74 Å². The van der Waals surface area contributed by atoms with E-state index in [0.29, 0.717) is 5.56 Å². The van der Waals surface area contributed by atoms with Gasteiger partial charge in [0.25, 0.3) is 0 Å². The van der Waals surface area contributed by atoms with Crippen molar-refractivity contribution in [1.29, 1.82) is 0 Å². The third kappa shape index (κ3) is 4.45. The average Bonchev–Trinajstić information content (AvgIpc) is 2.31. The topological polar surface area (TPSA) is 58.6 Å². The molecule has 0 aliphatic rings. The lowest BCUT2D eigenvalue weighted by Gasteiger charge is -2.20. The Kier molecular flexibility index (Phi) is 5.05. The molecule has 1 unspecified atom stereocenters. The van der Waals surface area contributed by atoms with Crippen LogP contribution < -0.4 is 5.32 Å². The van der Waals surface area contributed by atoms with E-state index in [1.807, 2.05) is 0 Å². The number of hydrogen-bond donors (Lipinski definition) is 2. The molecule has 0 saturated heterocycles. The Morgan fingerprint density at radius 3 is 2.50 bits per heavy atom. The van der Waals surface area contributed by atoms with Crippen molar-refractivity contribution < 1.29 is 23.4 Å². The standard InChI is InChI=1S/C14H19F2NO3/c1-8(7-18)9-5-10(15)12(16)11(6-9)17-13(19)20-14(2,3)4/h5-6,8,18H,7H2,1-4H3,(H,17,19). The molecule has 6 heteroatoms. The van der Waals surface area contributed by atoms with E-state index in [1.54, 1.807) is 27.7 Å². The second kappa shape index (κ2) is 6.17. The van der Waals surface area contributed by atoms with Gasteiger partial charge in [0.1, 0.15) is 5.60 Å². The first-order valence-corrected chi connectivity index (χ1v) is 6.24. The van der Waals surface area contributed by atoms with Gasteiger partial charge in [-0.25, -0.2) is 13.6 Å². The van der Waals surface area contributed by atoms with Crippen LogP contribution in [-0.4, -0.2) is 23.4 Å². The second-order valence-electron chi connectivity index (χ2n) is 5.57. The molecule has 0 fully saturated rings. The molecule has 112 valence electrons. The highest BCUT2D eigenvalue weighted by molar-refractivity contribution is 5.85. The molecule has 0 radical (unpaired) electrons. The highest BCUT2D eigenvalue weighted by atomic mass is 19.2. The Morgan fingerprint density at radius 1 is 1.40 bits per heavy atom. The Balaban J connectivity index is 3.00. The van der Waals surface area contributed by atoms with Gasteiger partial charge in [-0.1, -0.05) is 6.92 Å². The number of ether oxygens (including phenoxy) is 1. The van der Waals surface area contributed by atoms with Crippen LogP contribution in [0.1, 0.15) is 39.2 Å². The van der Waals surface area contributed by atoms with Crippen molar-refractivity contribution in [2.75, 3.05) is 11.9 Å². The van der Waals surface area contributed by atoms with Crippen LogP contribution in [0.15, 0.2) is 12.1 Å². The number of aliphatic hydroxyl groups is 1. The largest absolute Gasteiger partial charge is 0.444 e. The molecule has 20 heavy (non-hydrogen) atoms. The SMILES string of the molecule is CC(CO)c1cc(F)c(F)c(NC(=O)OC(C)(C)C)c1. The minimum absolute atomic E-state index is 0.211. The van der Waals surface area contributed by atoms with E-state index < -0.39 is 23.3 Å². The van der Waals surface area contributed by atoms with Crippen LogP contribution in [0.2, 0.25) is 0 Å². The number of amides is 1. The number of rotatable bonds is 3. The zero-order valence-corrected chi connectivity index (χ0v) is 12.0. The molecule has 0 heterocycles. The average molecular weight is 287 g/mol. The van der Waals surface area contributed by atoms with E-state index >= 15 is 0 Å². The predicted octanol–water partition coefficient (Wildman–Crippen LogP) is 3.41. The first-order chi connectivity index (χ1) is 9.14. The summed E-state index contributed by atoms with van der Waals surface area (Å²) < 4.78 is 32.1. The van der Waals surface area contributed by atoms with Crippen molar-refractivity contribution in [3.05, 3.63) is 29.3 Å². The third-order valence-corrected chi connectivity index (χ3v) is 2.53. The number of carbonyl (C=O) groups excluding carboxylic acids is 1. The lowest BCUT2D eigenvalue weighted by atomic mass is 10.0. The molecule has 0 bridgehead atoms. The van der Waals surface area contributed by atoms with E-state index in [1.165, 1.54) is 6.07 Å². The fraction of sp³-hybridized carbons (Fsp3) is 0.500. The van der Waals surface area contributed by atoms with Gasteiger partial charge >= 0.3 is 6.09 Å². The Morgan fingerprint density at radius 2 is 2.00 bits per heavy atom. The molecule has 0 spiro atoms. The zero-order valence-electron chi connectivity index (χ0n) is 12.0. The van der Waals surface area contributed by atoms with Crippen LogP contribution >= 0.6 is 0 Å². The molecule has 0 aliphatic carbocycles. The Labute approximate surface area is 116 Å². The summed E-state index contributed by atoms with van der Waals surface area (Å²) in [7, 11) is 0. The second-order valence-corrected chi connectivity index (χ2v) is 5.57. The van der Waals surface area contributed by atoms with Gasteiger partial charge in [0.15, 0.2) is 11.6 Å². The maximum Gasteiger partial charge on any atom is 0.412 e. The van der Waals surface area contributed by atoms with Crippen LogP contribution in [0.5, 0.6) is 0 Å². The highest BCUT2D eigenvalue weighted by Crippen LogP contribution is 2.25. The molecular formula is C14H19F2NO3.